The first-order valence-electron chi connectivity index (χ1n) is 8.46. The number of hydrogen-bond donors (Lipinski definition) is 3. The van der Waals surface area contributed by atoms with E-state index in [1.807, 2.05) is 30.3 Å². The van der Waals surface area contributed by atoms with Crippen molar-refractivity contribution in [3.63, 3.8) is 0 Å². The normalized spacial score (nSPS) is 12.3. The van der Waals surface area contributed by atoms with Crippen LogP contribution in [0.1, 0.15) is 15.9 Å². The van der Waals surface area contributed by atoms with Gasteiger partial charge in [-0.1, -0.05) is 48.5 Å². The zero-order valence-electron chi connectivity index (χ0n) is 15.1. The Kier molecular flexibility index (Phi) is 6.12. The van der Waals surface area contributed by atoms with E-state index in [-0.39, 0.29) is 22.7 Å². The average Bonchev–Trinajstić information content (AvgIpc) is 2.71. The molecular formula is C20H18N2O5S2. The van der Waals surface area contributed by atoms with Crippen molar-refractivity contribution < 1.29 is 22.5 Å². The molecule has 3 aromatic carbocycles. The fourth-order valence-corrected chi connectivity index (χ4v) is 5.16. The number of sulfonamides is 1. The molecule has 0 amide bonds. The minimum atomic E-state index is -4.34. The molecule has 3 aromatic rings. The summed E-state index contributed by atoms with van der Waals surface area (Å²) in [7, 11) is -6.25. The summed E-state index contributed by atoms with van der Waals surface area (Å²) < 4.78 is 37.7. The van der Waals surface area contributed by atoms with Gasteiger partial charge in [-0.15, -0.1) is 0 Å². The predicted octanol–water partition coefficient (Wildman–Crippen LogP) is 2.81. The number of carboxylic acid groups (broad SMARTS) is 1. The Hall–Kier alpha value is -3.01. The number of primary sulfonamides is 1. The molecule has 0 saturated carbocycles. The highest BCUT2D eigenvalue weighted by Crippen LogP contribution is 2.32. The number of nitrogens with two attached hydrogens (primary N) is 1. The maximum Gasteiger partial charge on any atom is 0.335 e. The van der Waals surface area contributed by atoms with Crippen molar-refractivity contribution in [1.82, 2.24) is 0 Å². The molecule has 7 nitrogen and oxygen atoms in total. The average molecular weight is 431 g/mol. The maximum atomic E-state index is 13.2. The van der Waals surface area contributed by atoms with E-state index >= 15 is 0 Å². The van der Waals surface area contributed by atoms with E-state index < -0.39 is 31.7 Å². The first-order chi connectivity index (χ1) is 13.8. The highest BCUT2D eigenvalue weighted by molar-refractivity contribution is 7.91. The van der Waals surface area contributed by atoms with Crippen molar-refractivity contribution in [2.45, 2.75) is 21.2 Å². The van der Waals surface area contributed by atoms with Gasteiger partial charge in [-0.3, -0.25) is 0 Å². The number of nitrogens with one attached hydrogen (secondary N) is 1. The summed E-state index contributed by atoms with van der Waals surface area (Å²) in [5.74, 6) is -1.32. The second-order valence-electron chi connectivity index (χ2n) is 6.12. The van der Waals surface area contributed by atoms with Crippen LogP contribution in [0.15, 0.2) is 87.5 Å². The van der Waals surface area contributed by atoms with E-state index in [0.29, 0.717) is 4.90 Å². The van der Waals surface area contributed by atoms with E-state index in [4.69, 9.17) is 5.14 Å². The van der Waals surface area contributed by atoms with Crippen molar-refractivity contribution in [3.05, 3.63) is 83.9 Å². The summed E-state index contributed by atoms with van der Waals surface area (Å²) in [6, 6.07) is 19.7. The number of benzene rings is 3. The quantitative estimate of drug-likeness (QED) is 0.529. The van der Waals surface area contributed by atoms with E-state index in [1.54, 1.807) is 30.3 Å². The Morgan fingerprint density at radius 1 is 1.00 bits per heavy atom. The second-order valence-corrected chi connectivity index (χ2v) is 9.07. The second kappa shape index (κ2) is 8.56. The fourth-order valence-electron chi connectivity index (χ4n) is 2.71. The number of anilines is 1. The van der Waals surface area contributed by atoms with Gasteiger partial charge in [-0.25, -0.2) is 22.6 Å². The molecule has 0 aliphatic rings. The van der Waals surface area contributed by atoms with Gasteiger partial charge in [0.05, 0.1) is 26.9 Å². The van der Waals surface area contributed by atoms with Crippen molar-refractivity contribution in [2.75, 3.05) is 5.32 Å². The standard InChI is InChI=1S/C20H18N2O5S2/c21-29(26,27)18-12-15(20(23)24)11-17(22-13-14-7-3-1-4-8-14)19(18)28(25)16-9-5-2-6-10-16/h1-12,22H,13H2,(H,23,24)(H2,21,26,27). The zero-order valence-corrected chi connectivity index (χ0v) is 16.7. The minimum Gasteiger partial charge on any atom is -0.478 e. The van der Waals surface area contributed by atoms with Crippen LogP contribution < -0.4 is 10.5 Å². The number of carboxylic acids is 1. The topological polar surface area (TPSA) is 127 Å². The summed E-state index contributed by atoms with van der Waals surface area (Å²) in [5.41, 5.74) is 0.722. The van der Waals surface area contributed by atoms with Crippen LogP contribution in [0.25, 0.3) is 0 Å². The summed E-state index contributed by atoms with van der Waals surface area (Å²) in [4.78, 5) is 11.3. The molecule has 0 fully saturated rings. The molecule has 0 aromatic heterocycles. The molecule has 0 aliphatic heterocycles. The summed E-state index contributed by atoms with van der Waals surface area (Å²) >= 11 is 0. The van der Waals surface area contributed by atoms with Crippen LogP contribution in [-0.2, 0) is 27.4 Å². The lowest BCUT2D eigenvalue weighted by atomic mass is 10.2. The van der Waals surface area contributed by atoms with Crippen LogP contribution in [0.3, 0.4) is 0 Å². The summed E-state index contributed by atoms with van der Waals surface area (Å²) in [6.45, 7) is 0.271. The van der Waals surface area contributed by atoms with Crippen LogP contribution >= 0.6 is 0 Å². The largest absolute Gasteiger partial charge is 0.478 e. The van der Waals surface area contributed by atoms with Gasteiger partial charge in [0.1, 0.15) is 4.90 Å². The molecule has 0 radical (unpaired) electrons. The molecule has 0 saturated heterocycles. The number of rotatable bonds is 7. The summed E-state index contributed by atoms with van der Waals surface area (Å²) in [6.07, 6.45) is 0. The van der Waals surface area contributed by atoms with Gasteiger partial charge in [0.2, 0.25) is 10.0 Å². The molecule has 4 N–H and O–H groups in total. The lowest BCUT2D eigenvalue weighted by Crippen LogP contribution is -2.18. The van der Waals surface area contributed by atoms with Gasteiger partial charge in [-0.2, -0.15) is 0 Å². The molecule has 3 rings (SSSR count). The van der Waals surface area contributed by atoms with Gasteiger partial charge < -0.3 is 10.4 Å². The number of carbonyl (C=O) groups is 1. The van der Waals surface area contributed by atoms with Crippen molar-refractivity contribution >= 4 is 32.5 Å². The Morgan fingerprint density at radius 2 is 1.59 bits per heavy atom. The van der Waals surface area contributed by atoms with E-state index in [0.717, 1.165) is 11.6 Å². The van der Waals surface area contributed by atoms with Gasteiger partial charge in [0, 0.05) is 11.4 Å². The highest BCUT2D eigenvalue weighted by Gasteiger charge is 2.26. The molecule has 0 aliphatic carbocycles. The van der Waals surface area contributed by atoms with Crippen LogP contribution in [-0.4, -0.2) is 23.7 Å². The Balaban J connectivity index is 2.18. The molecule has 0 heterocycles. The smallest absolute Gasteiger partial charge is 0.335 e. The first-order valence-corrected chi connectivity index (χ1v) is 11.2. The molecular weight excluding hydrogens is 412 g/mol. The minimum absolute atomic E-state index is 0.0837. The molecule has 0 spiro atoms. The van der Waals surface area contributed by atoms with Gasteiger partial charge in [0.25, 0.3) is 0 Å². The van der Waals surface area contributed by atoms with Crippen LogP contribution in [0.2, 0.25) is 0 Å². The van der Waals surface area contributed by atoms with E-state index in [9.17, 15) is 22.5 Å². The molecule has 1 atom stereocenters. The zero-order chi connectivity index (χ0) is 21.0. The fraction of sp³-hybridized carbons (Fsp3) is 0.0500. The highest BCUT2D eigenvalue weighted by atomic mass is 32.2. The molecule has 1 unspecified atom stereocenters. The Morgan fingerprint density at radius 3 is 2.14 bits per heavy atom. The first kappa shape index (κ1) is 20.7. The third-order valence-corrected chi connectivity index (χ3v) is 6.65. The maximum absolute atomic E-state index is 13.2. The lowest BCUT2D eigenvalue weighted by Gasteiger charge is -2.16. The third kappa shape index (κ3) is 4.89. The van der Waals surface area contributed by atoms with Crippen molar-refractivity contribution in [2.24, 2.45) is 5.14 Å². The van der Waals surface area contributed by atoms with Gasteiger partial charge in [-0.05, 0) is 29.8 Å². The molecule has 9 heteroatoms. The van der Waals surface area contributed by atoms with Crippen molar-refractivity contribution in [3.8, 4) is 0 Å². The number of aromatic carboxylic acids is 1. The van der Waals surface area contributed by atoms with E-state index in [1.165, 1.54) is 6.07 Å². The molecule has 150 valence electrons. The van der Waals surface area contributed by atoms with Crippen LogP contribution in [0.4, 0.5) is 5.69 Å². The van der Waals surface area contributed by atoms with Crippen molar-refractivity contribution in [1.29, 1.82) is 0 Å². The van der Waals surface area contributed by atoms with E-state index in [2.05, 4.69) is 5.32 Å². The van der Waals surface area contributed by atoms with Crippen LogP contribution in [0, 0.1) is 0 Å². The molecule has 0 bridgehead atoms. The van der Waals surface area contributed by atoms with Crippen LogP contribution in [0.5, 0.6) is 0 Å². The lowest BCUT2D eigenvalue weighted by molar-refractivity contribution is 0.0696. The Bertz CT molecular complexity index is 1160. The third-order valence-electron chi connectivity index (χ3n) is 4.08. The summed E-state index contributed by atoms with van der Waals surface area (Å²) in [5, 5.41) is 17.7. The molecule has 29 heavy (non-hydrogen) atoms. The predicted molar refractivity (Wildman–Crippen MR) is 110 cm³/mol. The number of hydrogen-bond acceptors (Lipinski definition) is 5. The van der Waals surface area contributed by atoms with Gasteiger partial charge >= 0.3 is 5.97 Å². The Labute approximate surface area is 170 Å². The SMILES string of the molecule is NS(=O)(=O)c1cc(C(=O)O)cc(NCc2ccccc2)c1S(=O)c1ccccc1. The van der Waals surface area contributed by atoms with Gasteiger partial charge in [0.15, 0.2) is 0 Å². The monoisotopic (exact) mass is 430 g/mol.